The Kier molecular flexibility index (Phi) is 1.94. The zero-order valence-corrected chi connectivity index (χ0v) is 6.37. The summed E-state index contributed by atoms with van der Waals surface area (Å²) in [5.74, 6) is 0.0718. The zero-order valence-electron chi connectivity index (χ0n) is 6.37. The standard InChI is InChI=1S/C7H13NO2/c1-5(2)8-6(9)3-4-7(8)10/h5-6,9H,3-4H2,1-2H3. The van der Waals surface area contributed by atoms with Crippen molar-refractivity contribution in [2.75, 3.05) is 0 Å². The van der Waals surface area contributed by atoms with Crippen molar-refractivity contribution < 1.29 is 9.90 Å². The predicted octanol–water partition coefficient (Wildman–Crippen LogP) is 0.336. The van der Waals surface area contributed by atoms with Gasteiger partial charge in [-0.2, -0.15) is 0 Å². The summed E-state index contributed by atoms with van der Waals surface area (Å²) in [5.41, 5.74) is 0. The van der Waals surface area contributed by atoms with E-state index in [4.69, 9.17) is 0 Å². The van der Waals surface area contributed by atoms with Gasteiger partial charge in [0.1, 0.15) is 6.23 Å². The maximum Gasteiger partial charge on any atom is 0.224 e. The highest BCUT2D eigenvalue weighted by Gasteiger charge is 2.30. The first-order chi connectivity index (χ1) is 4.63. The number of rotatable bonds is 1. The van der Waals surface area contributed by atoms with Crippen LogP contribution in [0.3, 0.4) is 0 Å². The molecular formula is C7H13NO2. The second kappa shape index (κ2) is 2.58. The first kappa shape index (κ1) is 7.54. The number of carbonyl (C=O) groups is 1. The van der Waals surface area contributed by atoms with Crippen LogP contribution < -0.4 is 0 Å². The molecule has 0 radical (unpaired) electrons. The smallest absolute Gasteiger partial charge is 0.224 e. The van der Waals surface area contributed by atoms with Crippen molar-refractivity contribution in [1.82, 2.24) is 4.90 Å². The molecule has 0 saturated carbocycles. The van der Waals surface area contributed by atoms with E-state index >= 15 is 0 Å². The quantitative estimate of drug-likeness (QED) is 0.575. The molecule has 0 aromatic heterocycles. The van der Waals surface area contributed by atoms with Crippen molar-refractivity contribution >= 4 is 5.91 Å². The van der Waals surface area contributed by atoms with Gasteiger partial charge in [-0.05, 0) is 13.8 Å². The van der Waals surface area contributed by atoms with Crippen LogP contribution in [0.1, 0.15) is 26.7 Å². The van der Waals surface area contributed by atoms with E-state index in [2.05, 4.69) is 0 Å². The Morgan fingerprint density at radius 1 is 1.70 bits per heavy atom. The maximum absolute atomic E-state index is 11.0. The first-order valence-electron chi connectivity index (χ1n) is 3.62. The van der Waals surface area contributed by atoms with Crippen molar-refractivity contribution in [3.63, 3.8) is 0 Å². The number of nitrogens with zero attached hydrogens (tertiary/aromatic N) is 1. The highest BCUT2D eigenvalue weighted by Crippen LogP contribution is 2.18. The molecule has 3 heteroatoms. The molecule has 1 saturated heterocycles. The van der Waals surface area contributed by atoms with Crippen molar-refractivity contribution in [3.8, 4) is 0 Å². The number of likely N-dealkylation sites (tertiary alicyclic amines) is 1. The largest absolute Gasteiger partial charge is 0.374 e. The predicted molar refractivity (Wildman–Crippen MR) is 37.2 cm³/mol. The molecule has 0 spiro atoms. The van der Waals surface area contributed by atoms with Gasteiger partial charge in [0.05, 0.1) is 0 Å². The summed E-state index contributed by atoms with van der Waals surface area (Å²) in [4.78, 5) is 12.5. The summed E-state index contributed by atoms with van der Waals surface area (Å²) in [6, 6.07) is 0.130. The molecule has 1 heterocycles. The van der Waals surface area contributed by atoms with Gasteiger partial charge in [-0.3, -0.25) is 4.79 Å². The lowest BCUT2D eigenvalue weighted by Crippen LogP contribution is -2.38. The van der Waals surface area contributed by atoms with Crippen LogP contribution in [0.2, 0.25) is 0 Å². The zero-order chi connectivity index (χ0) is 7.72. The molecule has 1 fully saturated rings. The monoisotopic (exact) mass is 143 g/mol. The Labute approximate surface area is 60.6 Å². The summed E-state index contributed by atoms with van der Waals surface area (Å²) in [7, 11) is 0. The summed E-state index contributed by atoms with van der Waals surface area (Å²) >= 11 is 0. The molecule has 0 aromatic rings. The van der Waals surface area contributed by atoms with E-state index in [9.17, 15) is 9.90 Å². The number of hydrogen-bond donors (Lipinski definition) is 1. The maximum atomic E-state index is 11.0. The lowest BCUT2D eigenvalue weighted by Gasteiger charge is -2.24. The number of carbonyl (C=O) groups excluding carboxylic acids is 1. The number of aliphatic hydroxyl groups excluding tert-OH is 1. The highest BCUT2D eigenvalue weighted by atomic mass is 16.3. The van der Waals surface area contributed by atoms with Gasteiger partial charge in [-0.15, -0.1) is 0 Å². The van der Waals surface area contributed by atoms with E-state index in [1.807, 2.05) is 13.8 Å². The fraction of sp³-hybridized carbons (Fsp3) is 0.857. The van der Waals surface area contributed by atoms with Crippen molar-refractivity contribution in [1.29, 1.82) is 0 Å². The Balaban J connectivity index is 2.63. The third-order valence-corrected chi connectivity index (χ3v) is 1.78. The average molecular weight is 143 g/mol. The molecule has 1 rings (SSSR count). The third-order valence-electron chi connectivity index (χ3n) is 1.78. The van der Waals surface area contributed by atoms with Gasteiger partial charge in [0.15, 0.2) is 0 Å². The van der Waals surface area contributed by atoms with Crippen molar-refractivity contribution in [2.45, 2.75) is 39.0 Å². The van der Waals surface area contributed by atoms with Crippen molar-refractivity contribution in [2.24, 2.45) is 0 Å². The van der Waals surface area contributed by atoms with E-state index < -0.39 is 6.23 Å². The lowest BCUT2D eigenvalue weighted by molar-refractivity contribution is -0.135. The molecule has 0 aliphatic carbocycles. The number of hydrogen-bond acceptors (Lipinski definition) is 2. The Morgan fingerprint density at radius 2 is 2.30 bits per heavy atom. The van der Waals surface area contributed by atoms with Gasteiger partial charge in [0, 0.05) is 18.9 Å². The third kappa shape index (κ3) is 1.14. The minimum atomic E-state index is -0.535. The summed E-state index contributed by atoms with van der Waals surface area (Å²) in [6.07, 6.45) is 0.559. The summed E-state index contributed by atoms with van der Waals surface area (Å²) in [5, 5.41) is 9.23. The van der Waals surface area contributed by atoms with Crippen LogP contribution in [0.15, 0.2) is 0 Å². The molecule has 1 aliphatic heterocycles. The van der Waals surface area contributed by atoms with E-state index in [0.717, 1.165) is 0 Å². The molecule has 3 nitrogen and oxygen atoms in total. The van der Waals surface area contributed by atoms with Crippen LogP contribution in [0, 0.1) is 0 Å². The molecular weight excluding hydrogens is 130 g/mol. The second-order valence-corrected chi connectivity index (χ2v) is 2.91. The fourth-order valence-electron chi connectivity index (χ4n) is 1.32. The van der Waals surface area contributed by atoms with Gasteiger partial charge in [-0.1, -0.05) is 0 Å². The van der Waals surface area contributed by atoms with Crippen LogP contribution in [-0.4, -0.2) is 28.2 Å². The molecule has 0 aromatic carbocycles. The molecule has 0 bridgehead atoms. The molecule has 1 N–H and O–H groups in total. The first-order valence-corrected chi connectivity index (χ1v) is 3.62. The normalized spacial score (nSPS) is 26.6. The Hall–Kier alpha value is -0.570. The molecule has 1 amide bonds. The Morgan fingerprint density at radius 3 is 2.50 bits per heavy atom. The molecule has 1 unspecified atom stereocenters. The van der Waals surface area contributed by atoms with Crippen LogP contribution in [0.5, 0.6) is 0 Å². The van der Waals surface area contributed by atoms with Crippen LogP contribution in [0.4, 0.5) is 0 Å². The van der Waals surface area contributed by atoms with Gasteiger partial charge >= 0.3 is 0 Å². The molecule has 1 atom stereocenters. The van der Waals surface area contributed by atoms with Crippen molar-refractivity contribution in [3.05, 3.63) is 0 Å². The van der Waals surface area contributed by atoms with Gasteiger partial charge in [0.25, 0.3) is 0 Å². The van der Waals surface area contributed by atoms with Crippen LogP contribution >= 0.6 is 0 Å². The summed E-state index contributed by atoms with van der Waals surface area (Å²) in [6.45, 7) is 3.82. The number of aliphatic hydroxyl groups is 1. The van der Waals surface area contributed by atoms with Gasteiger partial charge < -0.3 is 10.0 Å². The molecule has 1 aliphatic rings. The SMILES string of the molecule is CC(C)N1C(=O)CCC1O. The van der Waals surface area contributed by atoms with Gasteiger partial charge in [0.2, 0.25) is 5.91 Å². The second-order valence-electron chi connectivity index (χ2n) is 2.91. The van der Waals surface area contributed by atoms with E-state index in [-0.39, 0.29) is 11.9 Å². The Bertz CT molecular complexity index is 145. The topological polar surface area (TPSA) is 40.5 Å². The van der Waals surface area contributed by atoms with E-state index in [0.29, 0.717) is 12.8 Å². The van der Waals surface area contributed by atoms with Gasteiger partial charge in [-0.25, -0.2) is 0 Å². The lowest BCUT2D eigenvalue weighted by atomic mass is 10.3. The molecule has 10 heavy (non-hydrogen) atoms. The number of amides is 1. The van der Waals surface area contributed by atoms with E-state index in [1.54, 1.807) is 0 Å². The van der Waals surface area contributed by atoms with E-state index in [1.165, 1.54) is 4.90 Å². The highest BCUT2D eigenvalue weighted by molar-refractivity contribution is 5.78. The van der Waals surface area contributed by atoms with Crippen LogP contribution in [-0.2, 0) is 4.79 Å². The molecule has 58 valence electrons. The average Bonchev–Trinajstić information content (AvgIpc) is 2.11. The fourth-order valence-corrected chi connectivity index (χ4v) is 1.32. The van der Waals surface area contributed by atoms with Crippen LogP contribution in [0.25, 0.3) is 0 Å². The minimum Gasteiger partial charge on any atom is -0.374 e. The minimum absolute atomic E-state index is 0.0718. The summed E-state index contributed by atoms with van der Waals surface area (Å²) < 4.78 is 0.